The van der Waals surface area contributed by atoms with Gasteiger partial charge in [0.1, 0.15) is 5.82 Å². The van der Waals surface area contributed by atoms with E-state index in [1.807, 2.05) is 11.0 Å². The standard InChI is InChI=1S/C16H20FN5O.ClH/c1-21-11-13(10-20-21)16(23)19-9-12-2-3-15(14(17)8-12)22-6-4-18-5-7-22;/h2-3,8,10-11,18H,4-7,9H2,1H3,(H,19,23);1H. The lowest BCUT2D eigenvalue weighted by molar-refractivity contribution is 0.0951. The van der Waals surface area contributed by atoms with E-state index in [0.717, 1.165) is 31.7 Å². The quantitative estimate of drug-likeness (QED) is 0.870. The van der Waals surface area contributed by atoms with Crippen LogP contribution in [-0.4, -0.2) is 41.9 Å². The van der Waals surface area contributed by atoms with Gasteiger partial charge in [0.05, 0.1) is 17.4 Å². The van der Waals surface area contributed by atoms with E-state index in [4.69, 9.17) is 0 Å². The Morgan fingerprint density at radius 1 is 1.38 bits per heavy atom. The molecule has 0 unspecified atom stereocenters. The van der Waals surface area contributed by atoms with Crippen LogP contribution in [0.5, 0.6) is 0 Å². The molecule has 0 bridgehead atoms. The number of anilines is 1. The van der Waals surface area contributed by atoms with Gasteiger partial charge >= 0.3 is 0 Å². The Labute approximate surface area is 146 Å². The Morgan fingerprint density at radius 2 is 2.12 bits per heavy atom. The van der Waals surface area contributed by atoms with Crippen molar-refractivity contribution in [2.75, 3.05) is 31.1 Å². The summed E-state index contributed by atoms with van der Waals surface area (Å²) in [5.74, 6) is -0.468. The van der Waals surface area contributed by atoms with E-state index in [1.54, 1.807) is 24.0 Å². The predicted molar refractivity (Wildman–Crippen MR) is 93.1 cm³/mol. The molecule has 1 aromatic carbocycles. The number of hydrogen-bond donors (Lipinski definition) is 2. The van der Waals surface area contributed by atoms with Gasteiger partial charge in [-0.15, -0.1) is 12.4 Å². The Bertz CT molecular complexity index is 700. The van der Waals surface area contributed by atoms with Crippen molar-refractivity contribution < 1.29 is 9.18 Å². The number of benzene rings is 1. The van der Waals surface area contributed by atoms with Crippen molar-refractivity contribution in [3.8, 4) is 0 Å². The smallest absolute Gasteiger partial charge is 0.254 e. The molecule has 1 aliphatic heterocycles. The van der Waals surface area contributed by atoms with Crippen molar-refractivity contribution >= 4 is 24.0 Å². The van der Waals surface area contributed by atoms with Gasteiger partial charge in [0.15, 0.2) is 0 Å². The molecule has 0 spiro atoms. The zero-order valence-electron chi connectivity index (χ0n) is 13.5. The van der Waals surface area contributed by atoms with E-state index in [1.165, 1.54) is 12.3 Å². The number of aromatic nitrogens is 2. The Hall–Kier alpha value is -2.12. The van der Waals surface area contributed by atoms with Crippen LogP contribution < -0.4 is 15.5 Å². The number of piperazine rings is 1. The predicted octanol–water partition coefficient (Wildman–Crippen LogP) is 1.32. The van der Waals surface area contributed by atoms with Gasteiger partial charge in [-0.2, -0.15) is 5.10 Å². The second-order valence-corrected chi connectivity index (χ2v) is 5.61. The summed E-state index contributed by atoms with van der Waals surface area (Å²) in [6.07, 6.45) is 3.15. The largest absolute Gasteiger partial charge is 0.367 e. The van der Waals surface area contributed by atoms with Crippen LogP contribution in [0.3, 0.4) is 0 Å². The average molecular weight is 354 g/mol. The van der Waals surface area contributed by atoms with Gasteiger partial charge in [0.25, 0.3) is 5.91 Å². The highest BCUT2D eigenvalue weighted by atomic mass is 35.5. The van der Waals surface area contributed by atoms with E-state index in [-0.39, 0.29) is 30.7 Å². The first-order chi connectivity index (χ1) is 11.1. The van der Waals surface area contributed by atoms with E-state index >= 15 is 0 Å². The summed E-state index contributed by atoms with van der Waals surface area (Å²) in [4.78, 5) is 14.0. The van der Waals surface area contributed by atoms with Crippen molar-refractivity contribution in [3.63, 3.8) is 0 Å². The van der Waals surface area contributed by atoms with E-state index < -0.39 is 0 Å². The second kappa shape index (κ2) is 8.12. The Kier molecular flexibility index (Phi) is 6.16. The molecule has 2 aromatic rings. The maximum absolute atomic E-state index is 14.3. The van der Waals surface area contributed by atoms with Crippen LogP contribution in [0.1, 0.15) is 15.9 Å². The number of hydrogen-bond acceptors (Lipinski definition) is 4. The Morgan fingerprint density at radius 3 is 2.75 bits per heavy atom. The van der Waals surface area contributed by atoms with Crippen molar-refractivity contribution in [1.29, 1.82) is 0 Å². The molecule has 8 heteroatoms. The van der Waals surface area contributed by atoms with Crippen LogP contribution in [-0.2, 0) is 13.6 Å². The molecule has 6 nitrogen and oxygen atoms in total. The lowest BCUT2D eigenvalue weighted by Crippen LogP contribution is -2.43. The first-order valence-electron chi connectivity index (χ1n) is 7.64. The summed E-state index contributed by atoms with van der Waals surface area (Å²) < 4.78 is 15.9. The minimum absolute atomic E-state index is 0. The highest BCUT2D eigenvalue weighted by molar-refractivity contribution is 5.93. The number of nitrogens with one attached hydrogen (secondary N) is 2. The fourth-order valence-electron chi connectivity index (χ4n) is 2.65. The molecule has 24 heavy (non-hydrogen) atoms. The van der Waals surface area contributed by atoms with Crippen LogP contribution >= 0.6 is 12.4 Å². The molecule has 1 aliphatic rings. The normalized spacial score (nSPS) is 14.2. The number of carbonyl (C=O) groups is 1. The molecule has 1 amide bonds. The first kappa shape index (κ1) is 18.2. The van der Waals surface area contributed by atoms with Gasteiger partial charge in [0, 0.05) is 46.0 Å². The van der Waals surface area contributed by atoms with Gasteiger partial charge in [0.2, 0.25) is 0 Å². The number of carbonyl (C=O) groups excluding carboxylic acids is 1. The number of rotatable bonds is 4. The summed E-state index contributed by atoms with van der Waals surface area (Å²) in [7, 11) is 1.75. The minimum Gasteiger partial charge on any atom is -0.367 e. The molecule has 2 heterocycles. The molecule has 2 N–H and O–H groups in total. The van der Waals surface area contributed by atoms with Gasteiger partial charge in [-0.1, -0.05) is 6.07 Å². The topological polar surface area (TPSA) is 62.2 Å². The average Bonchev–Trinajstić information content (AvgIpc) is 3.00. The zero-order valence-corrected chi connectivity index (χ0v) is 14.3. The molecule has 0 aliphatic carbocycles. The maximum atomic E-state index is 14.3. The van der Waals surface area contributed by atoms with Crippen LogP contribution in [0.4, 0.5) is 10.1 Å². The third-order valence-corrected chi connectivity index (χ3v) is 3.89. The van der Waals surface area contributed by atoms with Crippen LogP contribution in [0, 0.1) is 5.82 Å². The minimum atomic E-state index is -0.250. The summed E-state index contributed by atoms with van der Waals surface area (Å²) in [5, 5.41) is 9.97. The van der Waals surface area contributed by atoms with Crippen molar-refractivity contribution in [3.05, 3.63) is 47.5 Å². The summed E-state index contributed by atoms with van der Waals surface area (Å²) >= 11 is 0. The van der Waals surface area contributed by atoms with Gasteiger partial charge < -0.3 is 15.5 Å². The van der Waals surface area contributed by atoms with Crippen molar-refractivity contribution in [2.45, 2.75) is 6.54 Å². The molecule has 3 rings (SSSR count). The number of aryl methyl sites for hydroxylation is 1. The van der Waals surface area contributed by atoms with E-state index in [9.17, 15) is 9.18 Å². The molecule has 0 saturated carbocycles. The lowest BCUT2D eigenvalue weighted by Gasteiger charge is -2.29. The first-order valence-corrected chi connectivity index (χ1v) is 7.64. The maximum Gasteiger partial charge on any atom is 0.254 e. The molecule has 1 saturated heterocycles. The van der Waals surface area contributed by atoms with Crippen molar-refractivity contribution in [1.82, 2.24) is 20.4 Å². The number of halogens is 2. The van der Waals surface area contributed by atoms with Crippen LogP contribution in [0.15, 0.2) is 30.6 Å². The Balaban J connectivity index is 0.00000208. The third-order valence-electron chi connectivity index (χ3n) is 3.89. The summed E-state index contributed by atoms with van der Waals surface area (Å²) in [6, 6.07) is 5.12. The summed E-state index contributed by atoms with van der Waals surface area (Å²) in [5.41, 5.74) is 1.85. The highest BCUT2D eigenvalue weighted by Crippen LogP contribution is 2.21. The highest BCUT2D eigenvalue weighted by Gasteiger charge is 2.15. The fraction of sp³-hybridized carbons (Fsp3) is 0.375. The molecule has 0 radical (unpaired) electrons. The van der Waals surface area contributed by atoms with Crippen LogP contribution in [0.25, 0.3) is 0 Å². The van der Waals surface area contributed by atoms with Gasteiger partial charge in [-0.25, -0.2) is 4.39 Å². The second-order valence-electron chi connectivity index (χ2n) is 5.61. The molecule has 0 atom stereocenters. The molecule has 1 aromatic heterocycles. The fourth-order valence-corrected chi connectivity index (χ4v) is 2.65. The zero-order chi connectivity index (χ0) is 16.2. The van der Waals surface area contributed by atoms with Crippen molar-refractivity contribution in [2.24, 2.45) is 7.05 Å². The molecule has 130 valence electrons. The van der Waals surface area contributed by atoms with Gasteiger partial charge in [-0.05, 0) is 17.7 Å². The molecular formula is C16H21ClFN5O. The number of nitrogens with zero attached hydrogens (tertiary/aromatic N) is 3. The molecule has 1 fully saturated rings. The monoisotopic (exact) mass is 353 g/mol. The number of amides is 1. The SMILES string of the molecule is Cl.Cn1cc(C(=O)NCc2ccc(N3CCNCC3)c(F)c2)cn1. The van der Waals surface area contributed by atoms with E-state index in [0.29, 0.717) is 11.3 Å². The van der Waals surface area contributed by atoms with Gasteiger partial charge in [-0.3, -0.25) is 9.48 Å². The van der Waals surface area contributed by atoms with E-state index in [2.05, 4.69) is 15.7 Å². The third kappa shape index (κ3) is 4.24. The summed E-state index contributed by atoms with van der Waals surface area (Å²) in [6.45, 7) is 3.61. The molecular weight excluding hydrogens is 333 g/mol. The lowest BCUT2D eigenvalue weighted by atomic mass is 10.1. The van der Waals surface area contributed by atoms with Crippen LogP contribution in [0.2, 0.25) is 0 Å².